The van der Waals surface area contributed by atoms with E-state index in [0.29, 0.717) is 0 Å². The van der Waals surface area contributed by atoms with Gasteiger partial charge in [-0.15, -0.1) is 0 Å². The van der Waals surface area contributed by atoms with Gasteiger partial charge in [-0.3, -0.25) is 14.4 Å². The molecule has 0 N–H and O–H groups in total. The van der Waals surface area contributed by atoms with Crippen molar-refractivity contribution in [2.45, 2.75) is 52.8 Å². The molecular formula is C24H25ClN2O5. The third kappa shape index (κ3) is 4.25. The predicted octanol–water partition coefficient (Wildman–Crippen LogP) is 4.33. The Morgan fingerprint density at radius 3 is 2.09 bits per heavy atom. The van der Waals surface area contributed by atoms with E-state index in [2.05, 4.69) is 0 Å². The quantitative estimate of drug-likeness (QED) is 0.477. The molecule has 2 aromatic carbocycles. The Morgan fingerprint density at radius 1 is 0.906 bits per heavy atom. The summed E-state index contributed by atoms with van der Waals surface area (Å²) in [4.78, 5) is 53.8. The molecule has 8 heteroatoms. The second-order valence-corrected chi connectivity index (χ2v) is 8.55. The molecule has 0 radical (unpaired) electrons. The zero-order valence-corrected chi connectivity index (χ0v) is 19.3. The lowest BCUT2D eigenvalue weighted by atomic mass is 10.1. The van der Waals surface area contributed by atoms with Gasteiger partial charge in [0.2, 0.25) is 0 Å². The first-order valence-electron chi connectivity index (χ1n) is 10.3. The number of rotatable bonds is 6. The van der Waals surface area contributed by atoms with Crippen molar-refractivity contribution in [3.05, 3.63) is 64.2 Å². The van der Waals surface area contributed by atoms with E-state index in [4.69, 9.17) is 16.3 Å². The number of imide groups is 1. The third-order valence-corrected chi connectivity index (χ3v) is 5.53. The molecule has 3 rings (SSSR count). The molecule has 2 aromatic rings. The zero-order valence-electron chi connectivity index (χ0n) is 18.6. The number of carbonyl (C=O) groups is 4. The van der Waals surface area contributed by atoms with Gasteiger partial charge < -0.3 is 9.64 Å². The van der Waals surface area contributed by atoms with Crippen LogP contribution in [0.4, 0.5) is 5.69 Å². The number of hydrogen-bond acceptors (Lipinski definition) is 5. The molecule has 0 saturated heterocycles. The van der Waals surface area contributed by atoms with Gasteiger partial charge in [0, 0.05) is 12.1 Å². The topological polar surface area (TPSA) is 84.0 Å². The Balaban J connectivity index is 1.83. The largest absolute Gasteiger partial charge is 0.449 e. The number of amides is 3. The van der Waals surface area contributed by atoms with Crippen molar-refractivity contribution < 1.29 is 23.9 Å². The van der Waals surface area contributed by atoms with E-state index >= 15 is 0 Å². The van der Waals surface area contributed by atoms with Gasteiger partial charge in [-0.1, -0.05) is 23.7 Å². The number of para-hydroxylation sites is 1. The number of fused-ring (bicyclic) bond motifs is 1. The molecule has 7 nitrogen and oxygen atoms in total. The fraction of sp³-hybridized carbons (Fsp3) is 0.333. The number of nitrogens with zero attached hydrogens (tertiary/aromatic N) is 2. The number of esters is 1. The number of benzene rings is 2. The van der Waals surface area contributed by atoms with Gasteiger partial charge in [0.25, 0.3) is 17.7 Å². The van der Waals surface area contributed by atoms with Crippen LogP contribution in [0.3, 0.4) is 0 Å². The monoisotopic (exact) mass is 456 g/mol. The summed E-state index contributed by atoms with van der Waals surface area (Å²) in [6.07, 6.45) is -1.00. The maximum absolute atomic E-state index is 12.9. The first-order chi connectivity index (χ1) is 15.0. The summed E-state index contributed by atoms with van der Waals surface area (Å²) in [5.41, 5.74) is 0.591. The van der Waals surface area contributed by atoms with E-state index < -0.39 is 23.9 Å². The summed E-state index contributed by atoms with van der Waals surface area (Å²) >= 11 is 6.16. The normalized spacial score (nSPS) is 14.1. The molecule has 1 unspecified atom stereocenters. The summed E-state index contributed by atoms with van der Waals surface area (Å²) in [5.74, 6) is -2.16. The Labute approximate surface area is 191 Å². The molecule has 168 valence electrons. The van der Waals surface area contributed by atoms with Crippen LogP contribution in [0, 0.1) is 0 Å². The molecule has 1 aliphatic heterocycles. The van der Waals surface area contributed by atoms with Crippen LogP contribution in [0.15, 0.2) is 42.5 Å². The van der Waals surface area contributed by atoms with E-state index in [1.165, 1.54) is 25.1 Å². The molecule has 3 amide bonds. The second kappa shape index (κ2) is 9.12. The molecule has 0 bridgehead atoms. The molecular weight excluding hydrogens is 432 g/mol. The maximum Gasteiger partial charge on any atom is 0.338 e. The van der Waals surface area contributed by atoms with Crippen molar-refractivity contribution in [2.75, 3.05) is 4.90 Å². The highest BCUT2D eigenvalue weighted by Gasteiger charge is 2.38. The SMILES string of the molecule is CC(OC(=O)c1ccc2c(c1)C(=O)N(c1ccccc1Cl)C2=O)C(=O)N(C(C)C)C(C)C. The van der Waals surface area contributed by atoms with Gasteiger partial charge in [0.15, 0.2) is 6.10 Å². The standard InChI is InChI=1S/C24H25ClN2O5/c1-13(2)26(14(3)4)21(28)15(5)32-24(31)16-10-11-17-18(12-16)23(30)27(22(17)29)20-9-7-6-8-19(20)25/h6-15H,1-5H3. The van der Waals surface area contributed by atoms with Crippen molar-refractivity contribution in [2.24, 2.45) is 0 Å². The lowest BCUT2D eigenvalue weighted by Crippen LogP contribution is -2.47. The van der Waals surface area contributed by atoms with Crippen LogP contribution >= 0.6 is 11.6 Å². The van der Waals surface area contributed by atoms with Crippen molar-refractivity contribution in [1.29, 1.82) is 0 Å². The van der Waals surface area contributed by atoms with Crippen LogP contribution in [0.1, 0.15) is 65.7 Å². The molecule has 0 fully saturated rings. The highest BCUT2D eigenvalue weighted by atomic mass is 35.5. The molecule has 1 aliphatic rings. The van der Waals surface area contributed by atoms with Crippen molar-refractivity contribution in [1.82, 2.24) is 4.90 Å². The molecule has 0 aliphatic carbocycles. The Hall–Kier alpha value is -3.19. The first kappa shape index (κ1) is 23.5. The van der Waals surface area contributed by atoms with Crippen LogP contribution in [-0.4, -0.2) is 46.8 Å². The third-order valence-electron chi connectivity index (χ3n) is 5.21. The molecule has 0 aromatic heterocycles. The van der Waals surface area contributed by atoms with E-state index in [0.717, 1.165) is 4.90 Å². The van der Waals surface area contributed by atoms with Gasteiger partial charge >= 0.3 is 5.97 Å². The van der Waals surface area contributed by atoms with Crippen LogP contribution < -0.4 is 4.90 Å². The van der Waals surface area contributed by atoms with Crippen LogP contribution in [0.2, 0.25) is 5.02 Å². The first-order valence-corrected chi connectivity index (χ1v) is 10.7. The number of carbonyl (C=O) groups excluding carboxylic acids is 4. The van der Waals surface area contributed by atoms with Gasteiger partial charge in [-0.05, 0) is 65.0 Å². The summed E-state index contributed by atoms with van der Waals surface area (Å²) in [7, 11) is 0. The van der Waals surface area contributed by atoms with Crippen molar-refractivity contribution in [3.8, 4) is 0 Å². The van der Waals surface area contributed by atoms with Crippen LogP contribution in [0.25, 0.3) is 0 Å². The van der Waals surface area contributed by atoms with E-state index in [1.54, 1.807) is 29.2 Å². The molecule has 0 saturated carbocycles. The lowest BCUT2D eigenvalue weighted by Gasteiger charge is -2.32. The molecule has 1 atom stereocenters. The molecule has 1 heterocycles. The zero-order chi connectivity index (χ0) is 23.7. The summed E-state index contributed by atoms with van der Waals surface area (Å²) in [6, 6.07) is 10.5. The fourth-order valence-electron chi connectivity index (χ4n) is 3.81. The number of halogens is 1. The maximum atomic E-state index is 12.9. The van der Waals surface area contributed by atoms with Crippen molar-refractivity contribution >= 4 is 41.0 Å². The average molecular weight is 457 g/mol. The predicted molar refractivity (Wildman–Crippen MR) is 121 cm³/mol. The lowest BCUT2D eigenvalue weighted by molar-refractivity contribution is -0.143. The number of hydrogen-bond donors (Lipinski definition) is 0. The summed E-state index contributed by atoms with van der Waals surface area (Å²) < 4.78 is 5.37. The number of ether oxygens (including phenoxy) is 1. The highest BCUT2D eigenvalue weighted by Crippen LogP contribution is 2.33. The minimum absolute atomic E-state index is 0.0527. The minimum Gasteiger partial charge on any atom is -0.449 e. The average Bonchev–Trinajstić information content (AvgIpc) is 2.97. The minimum atomic E-state index is -1.00. The Bertz CT molecular complexity index is 1090. The Kier molecular flexibility index (Phi) is 6.69. The van der Waals surface area contributed by atoms with E-state index in [1.807, 2.05) is 27.7 Å². The molecule has 32 heavy (non-hydrogen) atoms. The Morgan fingerprint density at radius 2 is 1.50 bits per heavy atom. The fourth-order valence-corrected chi connectivity index (χ4v) is 4.03. The molecule has 0 spiro atoms. The number of anilines is 1. The second-order valence-electron chi connectivity index (χ2n) is 8.14. The van der Waals surface area contributed by atoms with Gasteiger partial charge in [-0.25, -0.2) is 9.69 Å². The highest BCUT2D eigenvalue weighted by molar-refractivity contribution is 6.39. The van der Waals surface area contributed by atoms with E-state index in [9.17, 15) is 19.2 Å². The van der Waals surface area contributed by atoms with Crippen molar-refractivity contribution in [3.63, 3.8) is 0 Å². The van der Waals surface area contributed by atoms with Gasteiger partial charge in [-0.2, -0.15) is 0 Å². The van der Waals surface area contributed by atoms with Gasteiger partial charge in [0.1, 0.15) is 0 Å². The summed E-state index contributed by atoms with van der Waals surface area (Å²) in [6.45, 7) is 9.07. The van der Waals surface area contributed by atoms with Crippen LogP contribution in [-0.2, 0) is 9.53 Å². The van der Waals surface area contributed by atoms with Gasteiger partial charge in [0.05, 0.1) is 27.4 Å². The van der Waals surface area contributed by atoms with Crippen LogP contribution in [0.5, 0.6) is 0 Å². The summed E-state index contributed by atoms with van der Waals surface area (Å²) in [5, 5.41) is 0.258. The van der Waals surface area contributed by atoms with E-state index in [-0.39, 0.29) is 45.4 Å². The smallest absolute Gasteiger partial charge is 0.338 e.